The zero-order valence-electron chi connectivity index (χ0n) is 10.1. The molecule has 0 amide bonds. The normalized spacial score (nSPS) is 12.5. The lowest BCUT2D eigenvalue weighted by molar-refractivity contribution is 0.833. The lowest BCUT2D eigenvalue weighted by atomic mass is 10.2. The maximum absolute atomic E-state index is 5.88. The van der Waals surface area contributed by atoms with E-state index in [1.165, 1.54) is 0 Å². The van der Waals surface area contributed by atoms with Crippen molar-refractivity contribution in [3.63, 3.8) is 0 Å². The lowest BCUT2D eigenvalue weighted by Gasteiger charge is -2.14. The van der Waals surface area contributed by atoms with Crippen molar-refractivity contribution in [3.05, 3.63) is 41.6 Å². The first-order valence-corrected chi connectivity index (χ1v) is 6.16. The highest BCUT2D eigenvalue weighted by atomic mass is 35.5. The molecule has 3 aromatic rings. The Morgan fingerprint density at radius 3 is 3.00 bits per heavy atom. The van der Waals surface area contributed by atoms with Crippen LogP contribution in [-0.4, -0.2) is 25.1 Å². The van der Waals surface area contributed by atoms with Crippen molar-refractivity contribution in [2.24, 2.45) is 0 Å². The van der Waals surface area contributed by atoms with Crippen LogP contribution in [0.15, 0.2) is 30.6 Å². The number of halogens is 1. The van der Waals surface area contributed by atoms with Crippen molar-refractivity contribution in [1.82, 2.24) is 25.1 Å². The molecule has 96 valence electrons. The number of aromatic amines is 1. The number of nitrogens with one attached hydrogen (secondary N) is 2. The van der Waals surface area contributed by atoms with E-state index in [0.29, 0.717) is 11.5 Å². The Bertz CT molecular complexity index is 696. The molecule has 7 heteroatoms. The number of hydrogen-bond donors (Lipinski definition) is 2. The van der Waals surface area contributed by atoms with E-state index < -0.39 is 0 Å². The zero-order chi connectivity index (χ0) is 13.2. The predicted octanol–water partition coefficient (Wildman–Crippen LogP) is 2.57. The SMILES string of the molecule is CC(Nc1nc(Cl)nc2[nH]ncc12)c1ccccn1. The molecule has 0 aliphatic rings. The number of aromatic nitrogens is 5. The van der Waals surface area contributed by atoms with Gasteiger partial charge in [0.2, 0.25) is 5.28 Å². The third-order valence-corrected chi connectivity index (χ3v) is 2.94. The number of anilines is 1. The first-order chi connectivity index (χ1) is 9.24. The van der Waals surface area contributed by atoms with Crippen molar-refractivity contribution in [2.45, 2.75) is 13.0 Å². The van der Waals surface area contributed by atoms with Gasteiger partial charge in [0.05, 0.1) is 23.3 Å². The summed E-state index contributed by atoms with van der Waals surface area (Å²) in [5.41, 5.74) is 1.53. The van der Waals surface area contributed by atoms with Gasteiger partial charge >= 0.3 is 0 Å². The van der Waals surface area contributed by atoms with Gasteiger partial charge in [-0.15, -0.1) is 0 Å². The molecule has 0 aliphatic carbocycles. The molecule has 0 bridgehead atoms. The molecule has 3 aromatic heterocycles. The summed E-state index contributed by atoms with van der Waals surface area (Å²) in [6.45, 7) is 2.00. The van der Waals surface area contributed by atoms with E-state index in [0.717, 1.165) is 11.1 Å². The van der Waals surface area contributed by atoms with E-state index >= 15 is 0 Å². The molecule has 1 atom stereocenters. The topological polar surface area (TPSA) is 79.4 Å². The summed E-state index contributed by atoms with van der Waals surface area (Å²) in [6, 6.07) is 5.78. The molecule has 19 heavy (non-hydrogen) atoms. The summed E-state index contributed by atoms with van der Waals surface area (Å²) in [7, 11) is 0. The fraction of sp³-hybridized carbons (Fsp3) is 0.167. The van der Waals surface area contributed by atoms with Crippen molar-refractivity contribution < 1.29 is 0 Å². The second-order valence-corrected chi connectivity index (χ2v) is 4.43. The smallest absolute Gasteiger partial charge is 0.226 e. The highest BCUT2D eigenvalue weighted by Gasteiger charge is 2.12. The van der Waals surface area contributed by atoms with E-state index in [9.17, 15) is 0 Å². The molecule has 0 fully saturated rings. The predicted molar refractivity (Wildman–Crippen MR) is 73.0 cm³/mol. The quantitative estimate of drug-likeness (QED) is 0.718. The van der Waals surface area contributed by atoms with Crippen LogP contribution in [0.5, 0.6) is 0 Å². The summed E-state index contributed by atoms with van der Waals surface area (Å²) >= 11 is 5.88. The van der Waals surface area contributed by atoms with Crippen LogP contribution < -0.4 is 5.32 Å². The fourth-order valence-corrected chi connectivity index (χ4v) is 2.00. The summed E-state index contributed by atoms with van der Waals surface area (Å²) in [4.78, 5) is 12.6. The fourth-order valence-electron chi connectivity index (χ4n) is 1.83. The molecule has 0 saturated heterocycles. The van der Waals surface area contributed by atoms with Crippen LogP contribution in [0, 0.1) is 0 Å². The van der Waals surface area contributed by atoms with Gasteiger partial charge in [0.1, 0.15) is 5.82 Å². The lowest BCUT2D eigenvalue weighted by Crippen LogP contribution is -2.10. The van der Waals surface area contributed by atoms with Crippen LogP contribution >= 0.6 is 11.6 Å². The standard InChI is InChI=1S/C12H11ClN6/c1-7(9-4-2-3-5-14-9)16-10-8-6-15-19-11(8)18-12(13)17-10/h2-7H,1H3,(H2,15,16,17,18,19). The largest absolute Gasteiger partial charge is 0.361 e. The number of fused-ring (bicyclic) bond motifs is 1. The van der Waals surface area contributed by atoms with Gasteiger partial charge in [-0.2, -0.15) is 15.1 Å². The molecule has 0 spiro atoms. The summed E-state index contributed by atoms with van der Waals surface area (Å²) < 4.78 is 0. The maximum atomic E-state index is 5.88. The molecule has 0 aromatic carbocycles. The van der Waals surface area contributed by atoms with Crippen molar-refractivity contribution in [3.8, 4) is 0 Å². The maximum Gasteiger partial charge on any atom is 0.226 e. The Morgan fingerprint density at radius 1 is 1.32 bits per heavy atom. The Morgan fingerprint density at radius 2 is 2.21 bits per heavy atom. The van der Waals surface area contributed by atoms with Crippen molar-refractivity contribution in [2.75, 3.05) is 5.32 Å². The Kier molecular flexibility index (Phi) is 3.00. The molecule has 0 radical (unpaired) electrons. The average molecular weight is 275 g/mol. The van der Waals surface area contributed by atoms with Gasteiger partial charge in [-0.25, -0.2) is 0 Å². The Hall–Kier alpha value is -2.21. The molecule has 3 heterocycles. The molecular weight excluding hydrogens is 264 g/mol. The Labute approximate surface area is 114 Å². The minimum Gasteiger partial charge on any atom is -0.361 e. The third kappa shape index (κ3) is 2.34. The van der Waals surface area contributed by atoms with Gasteiger partial charge in [0.25, 0.3) is 0 Å². The number of hydrogen-bond acceptors (Lipinski definition) is 5. The number of nitrogens with zero attached hydrogens (tertiary/aromatic N) is 4. The van der Waals surface area contributed by atoms with Gasteiger partial charge in [-0.1, -0.05) is 6.07 Å². The average Bonchev–Trinajstić information content (AvgIpc) is 2.88. The minimum atomic E-state index is 0.00488. The van der Waals surface area contributed by atoms with Gasteiger partial charge in [0.15, 0.2) is 5.65 Å². The zero-order valence-corrected chi connectivity index (χ0v) is 10.9. The summed E-state index contributed by atoms with van der Waals surface area (Å²) in [5.74, 6) is 0.641. The highest BCUT2D eigenvalue weighted by Crippen LogP contribution is 2.23. The van der Waals surface area contributed by atoms with Gasteiger partial charge in [0, 0.05) is 6.20 Å². The molecule has 6 nitrogen and oxygen atoms in total. The number of H-pyrrole nitrogens is 1. The summed E-state index contributed by atoms with van der Waals surface area (Å²) in [6.07, 6.45) is 3.42. The molecular formula is C12H11ClN6. The van der Waals surface area contributed by atoms with E-state index in [4.69, 9.17) is 11.6 Å². The minimum absolute atomic E-state index is 0.00488. The monoisotopic (exact) mass is 274 g/mol. The van der Waals surface area contributed by atoms with Crippen LogP contribution in [0.1, 0.15) is 18.7 Å². The van der Waals surface area contributed by atoms with E-state index in [2.05, 4.69) is 30.5 Å². The van der Waals surface area contributed by atoms with Crippen molar-refractivity contribution >= 4 is 28.5 Å². The van der Waals surface area contributed by atoms with E-state index in [1.54, 1.807) is 12.4 Å². The van der Waals surface area contributed by atoms with Crippen molar-refractivity contribution in [1.29, 1.82) is 0 Å². The van der Waals surface area contributed by atoms with Gasteiger partial charge in [-0.05, 0) is 30.7 Å². The van der Waals surface area contributed by atoms with Crippen LogP contribution in [0.4, 0.5) is 5.82 Å². The van der Waals surface area contributed by atoms with Crippen LogP contribution in [0.3, 0.4) is 0 Å². The second kappa shape index (κ2) is 4.81. The summed E-state index contributed by atoms with van der Waals surface area (Å²) in [5, 5.41) is 11.0. The third-order valence-electron chi connectivity index (χ3n) is 2.77. The second-order valence-electron chi connectivity index (χ2n) is 4.09. The molecule has 1 unspecified atom stereocenters. The first kappa shape index (κ1) is 11.9. The van der Waals surface area contributed by atoms with Crippen LogP contribution in [-0.2, 0) is 0 Å². The highest BCUT2D eigenvalue weighted by molar-refractivity contribution is 6.28. The molecule has 2 N–H and O–H groups in total. The van der Waals surface area contributed by atoms with E-state index in [1.807, 2.05) is 25.1 Å². The Balaban J connectivity index is 1.95. The number of rotatable bonds is 3. The van der Waals surface area contributed by atoms with Crippen LogP contribution in [0.2, 0.25) is 5.28 Å². The molecule has 3 rings (SSSR count). The number of pyridine rings is 1. The first-order valence-electron chi connectivity index (χ1n) is 5.78. The molecule has 0 saturated carbocycles. The van der Waals surface area contributed by atoms with Crippen LogP contribution in [0.25, 0.3) is 11.0 Å². The van der Waals surface area contributed by atoms with Gasteiger partial charge < -0.3 is 5.32 Å². The van der Waals surface area contributed by atoms with Gasteiger partial charge in [-0.3, -0.25) is 10.1 Å². The van der Waals surface area contributed by atoms with E-state index in [-0.39, 0.29) is 11.3 Å². The molecule has 0 aliphatic heterocycles.